The lowest BCUT2D eigenvalue weighted by molar-refractivity contribution is -0.0615. The summed E-state index contributed by atoms with van der Waals surface area (Å²) in [6.07, 6.45) is -6.63. The van der Waals surface area contributed by atoms with Gasteiger partial charge in [0.2, 0.25) is 0 Å². The van der Waals surface area contributed by atoms with Gasteiger partial charge < -0.3 is 43.9 Å². The average Bonchev–Trinajstić information content (AvgIpc) is 3.76. The van der Waals surface area contributed by atoms with Crippen molar-refractivity contribution in [2.75, 3.05) is 18.9 Å². The van der Waals surface area contributed by atoms with Gasteiger partial charge in [0.15, 0.2) is 23.9 Å². The molecule has 1 radical (unpaired) electrons. The van der Waals surface area contributed by atoms with Gasteiger partial charge in [0.25, 0.3) is 14.5 Å². The maximum Gasteiger partial charge on any atom is 0.472 e. The fourth-order valence-electron chi connectivity index (χ4n) is 5.53. The molecule has 0 saturated carbocycles. The van der Waals surface area contributed by atoms with Gasteiger partial charge in [-0.1, -0.05) is 19.0 Å². The zero-order valence-corrected chi connectivity index (χ0v) is 24.7. The van der Waals surface area contributed by atoms with Crippen LogP contribution in [0.2, 0.25) is 6.82 Å². The Morgan fingerprint density at radius 3 is 2.32 bits per heavy atom. The van der Waals surface area contributed by atoms with Crippen LogP contribution in [-0.2, 0) is 36.7 Å². The quantitative estimate of drug-likeness (QED) is 0.177. The predicted octanol–water partition coefficient (Wildman–Crippen LogP) is 0.753. The number of aliphatic hydroxyl groups excluding tert-OH is 2. The average molecular weight is 650 g/mol. The molecule has 6 heterocycles. The number of phosphoric acid groups is 1. The van der Waals surface area contributed by atoms with Gasteiger partial charge in [-0.25, -0.2) is 24.5 Å². The fourth-order valence-corrected chi connectivity index (χ4v) is 7.78. The molecule has 0 spiro atoms. The second kappa shape index (κ2) is 11.2. The number of ether oxygens (including phenoxy) is 2. The number of hydrogen-bond acceptors (Lipinski definition) is 15. The lowest BCUT2D eigenvalue weighted by Crippen LogP contribution is -2.39. The van der Waals surface area contributed by atoms with Crippen molar-refractivity contribution < 1.29 is 51.8 Å². The summed E-state index contributed by atoms with van der Waals surface area (Å²) in [6.45, 7) is 1.49. The first kappa shape index (κ1) is 29.9. The number of aliphatic hydroxyl groups is 2. The van der Waals surface area contributed by atoms with E-state index in [1.54, 1.807) is 28.8 Å². The highest BCUT2D eigenvalue weighted by Crippen LogP contribution is 2.54. The van der Waals surface area contributed by atoms with Gasteiger partial charge in [-0.05, 0) is 12.1 Å². The van der Waals surface area contributed by atoms with Gasteiger partial charge in [-0.2, -0.15) is 0 Å². The van der Waals surface area contributed by atoms with Gasteiger partial charge >= 0.3 is 7.82 Å². The van der Waals surface area contributed by atoms with Crippen LogP contribution >= 0.6 is 15.3 Å². The number of nitrogens with zero attached hydrogens (tertiary/aromatic N) is 6. The SMILES string of the molecule is C[B]P1(=O)OCC2OC(n3cnc4ccccc43)C(O)C2OP(=O)(O)OCC2OC(n3cnc4c(N)ncnc43)C(O)C2O1. The van der Waals surface area contributed by atoms with E-state index in [9.17, 15) is 24.2 Å². The molecule has 44 heavy (non-hydrogen) atoms. The van der Waals surface area contributed by atoms with Crippen LogP contribution in [0.15, 0.2) is 43.2 Å². The zero-order valence-electron chi connectivity index (χ0n) is 22.9. The molecule has 3 fully saturated rings. The second-order valence-electron chi connectivity index (χ2n) is 10.3. The number of nitrogens with two attached hydrogens (primary N) is 1. The Bertz CT molecular complexity index is 1790. The first-order valence-corrected chi connectivity index (χ1v) is 16.6. The van der Waals surface area contributed by atoms with Crippen LogP contribution in [0, 0.1) is 0 Å². The van der Waals surface area contributed by atoms with E-state index < -0.39 is 77.6 Å². The molecule has 233 valence electrons. The van der Waals surface area contributed by atoms with E-state index in [1.807, 2.05) is 0 Å². The van der Waals surface area contributed by atoms with Crippen molar-refractivity contribution >= 4 is 50.3 Å². The summed E-state index contributed by atoms with van der Waals surface area (Å²) in [5, 5.41) is 22.5. The molecule has 3 aliphatic heterocycles. The number of aromatic nitrogens is 6. The number of fused-ring (bicyclic) bond motifs is 4. The van der Waals surface area contributed by atoms with Gasteiger partial charge in [0.1, 0.15) is 48.5 Å². The zero-order chi connectivity index (χ0) is 30.8. The number of phosphoric ester groups is 1. The molecule has 10 unspecified atom stereocenters. The molecule has 21 heteroatoms. The lowest BCUT2D eigenvalue weighted by Gasteiger charge is -2.30. The van der Waals surface area contributed by atoms with Gasteiger partial charge in [0, 0.05) is 0 Å². The first-order valence-electron chi connectivity index (χ1n) is 13.5. The van der Waals surface area contributed by atoms with E-state index in [2.05, 4.69) is 19.9 Å². The standard InChI is InChI=1S/C23H27BN7O11P2/c1-24-43(34)37-6-13-19(17(33)22(39-13)30-9-28-11-4-2-3-5-12(11)30)42-44(35,36)38-7-14-18(41-43)16(32)23(40-14)31-10-29-15-20(25)26-8-27-21(15)31/h2-5,8-10,13-14,16-19,22-23,32-33H,6-7H2,1H3,(H,35,36)(H2,25,26,27). The number of hydrogen-bond donors (Lipinski definition) is 4. The van der Waals surface area contributed by atoms with Crippen LogP contribution in [0.4, 0.5) is 5.82 Å². The Morgan fingerprint density at radius 2 is 1.57 bits per heavy atom. The van der Waals surface area contributed by atoms with Crippen LogP contribution in [-0.4, -0.2) is 101 Å². The van der Waals surface area contributed by atoms with Crippen LogP contribution in [0.3, 0.4) is 0 Å². The highest BCUT2D eigenvalue weighted by Gasteiger charge is 2.53. The minimum absolute atomic E-state index is 0.0996. The Morgan fingerprint density at radius 1 is 0.909 bits per heavy atom. The number of rotatable bonds is 3. The fraction of sp³-hybridized carbons (Fsp3) is 0.478. The molecule has 7 rings (SSSR count). The van der Waals surface area contributed by atoms with Gasteiger partial charge in [0.05, 0.1) is 36.9 Å². The van der Waals surface area contributed by atoms with E-state index in [-0.39, 0.29) is 17.0 Å². The molecule has 10 atom stereocenters. The molecule has 18 nitrogen and oxygen atoms in total. The molecule has 0 aliphatic carbocycles. The van der Waals surface area contributed by atoms with Crippen molar-refractivity contribution in [2.45, 2.75) is 55.9 Å². The third-order valence-corrected chi connectivity index (χ3v) is 10.4. The summed E-state index contributed by atoms with van der Waals surface area (Å²) < 4.78 is 64.2. The molecule has 5 N–H and O–H groups in total. The second-order valence-corrected chi connectivity index (χ2v) is 13.8. The van der Waals surface area contributed by atoms with E-state index >= 15 is 0 Å². The van der Waals surface area contributed by atoms with Gasteiger partial charge in [-0.3, -0.25) is 18.2 Å². The summed E-state index contributed by atoms with van der Waals surface area (Å²) in [4.78, 5) is 27.2. The molecular formula is C23H27BN7O11P2. The highest BCUT2D eigenvalue weighted by molar-refractivity contribution is 7.83. The maximum absolute atomic E-state index is 13.8. The number of para-hydroxylation sites is 2. The van der Waals surface area contributed by atoms with Crippen molar-refractivity contribution in [3.05, 3.63) is 43.2 Å². The monoisotopic (exact) mass is 650 g/mol. The largest absolute Gasteiger partial charge is 0.472 e. The number of imidazole rings is 2. The van der Waals surface area contributed by atoms with Crippen molar-refractivity contribution in [3.8, 4) is 0 Å². The summed E-state index contributed by atoms with van der Waals surface area (Å²) in [6, 6.07) is 7.12. The third-order valence-electron chi connectivity index (χ3n) is 7.70. The van der Waals surface area contributed by atoms with E-state index in [4.69, 9.17) is 33.3 Å². The van der Waals surface area contributed by atoms with Crippen LogP contribution < -0.4 is 5.73 Å². The molecule has 3 aromatic heterocycles. The van der Waals surface area contributed by atoms with Crippen molar-refractivity contribution in [1.29, 1.82) is 0 Å². The molecule has 3 saturated heterocycles. The normalized spacial score (nSPS) is 38.2. The molecule has 0 bridgehead atoms. The summed E-state index contributed by atoms with van der Waals surface area (Å²) >= 11 is 0. The topological polar surface area (TPSA) is 238 Å². The number of benzene rings is 1. The maximum atomic E-state index is 13.8. The van der Waals surface area contributed by atoms with Crippen LogP contribution in [0.25, 0.3) is 22.2 Å². The minimum atomic E-state index is -4.90. The van der Waals surface area contributed by atoms with E-state index in [0.29, 0.717) is 11.0 Å². The molecule has 3 aliphatic rings. The van der Waals surface area contributed by atoms with Gasteiger partial charge in [-0.15, -0.1) is 0 Å². The molecular weight excluding hydrogens is 623 g/mol. The van der Waals surface area contributed by atoms with Crippen molar-refractivity contribution in [2.24, 2.45) is 0 Å². The number of nitrogen functional groups attached to an aromatic ring is 1. The minimum Gasteiger partial charge on any atom is -0.386 e. The highest BCUT2D eigenvalue weighted by atomic mass is 31.2. The van der Waals surface area contributed by atoms with Crippen molar-refractivity contribution in [3.63, 3.8) is 0 Å². The smallest absolute Gasteiger partial charge is 0.386 e. The van der Waals surface area contributed by atoms with Crippen molar-refractivity contribution in [1.82, 2.24) is 29.1 Å². The molecule has 0 amide bonds. The van der Waals surface area contributed by atoms with E-state index in [1.165, 1.54) is 37.4 Å². The summed E-state index contributed by atoms with van der Waals surface area (Å²) in [5.74, 6) is 0.0996. The Kier molecular flexibility index (Phi) is 7.62. The Labute approximate surface area is 249 Å². The predicted molar refractivity (Wildman–Crippen MR) is 150 cm³/mol. The Balaban J connectivity index is 1.18. The molecule has 1 aromatic carbocycles. The summed E-state index contributed by atoms with van der Waals surface area (Å²) in [7, 11) is -8.99. The van der Waals surface area contributed by atoms with Crippen LogP contribution in [0.5, 0.6) is 0 Å². The van der Waals surface area contributed by atoms with Crippen LogP contribution in [0.1, 0.15) is 12.5 Å². The Hall–Kier alpha value is -2.80. The lowest BCUT2D eigenvalue weighted by atomic mass is 10.1. The third kappa shape index (κ3) is 5.17. The van der Waals surface area contributed by atoms with E-state index in [0.717, 1.165) is 0 Å². The summed E-state index contributed by atoms with van der Waals surface area (Å²) in [5.41, 5.74) is 7.62. The first-order chi connectivity index (χ1) is 21.1. The molecule has 4 aromatic rings. The number of anilines is 1.